The van der Waals surface area contributed by atoms with Crippen LogP contribution in [0.4, 0.5) is 0 Å². The fraction of sp³-hybridized carbons (Fsp3) is 0.308. The van der Waals surface area contributed by atoms with Gasteiger partial charge in [-0.05, 0) is 35.2 Å². The largest absolute Gasteiger partial charge is 0.493 e. The number of carbonyl (C=O) groups excluding carboxylic acids is 1. The Labute approximate surface area is 198 Å². The van der Waals surface area contributed by atoms with E-state index in [2.05, 4.69) is 10.2 Å². The van der Waals surface area contributed by atoms with E-state index in [0.717, 1.165) is 29.8 Å². The lowest BCUT2D eigenvalue weighted by molar-refractivity contribution is -0.123. The Morgan fingerprint density at radius 2 is 1.76 bits per heavy atom. The monoisotopic (exact) mass is 464 g/mol. The SMILES string of the molecule is COc1cc2c(cc1OC)CN(Cc1cc(=O)c(OCC(=O)NCc3ccccc3)co1)CC2. The zero-order valence-corrected chi connectivity index (χ0v) is 19.3. The first-order valence-corrected chi connectivity index (χ1v) is 11.1. The van der Waals surface area contributed by atoms with Gasteiger partial charge in [0.05, 0.1) is 20.8 Å². The van der Waals surface area contributed by atoms with Crippen LogP contribution in [-0.4, -0.2) is 38.2 Å². The highest BCUT2D eigenvalue weighted by Crippen LogP contribution is 2.33. The molecule has 0 bridgehead atoms. The molecule has 0 fully saturated rings. The molecule has 1 aromatic heterocycles. The van der Waals surface area contributed by atoms with Crippen LogP contribution in [0.5, 0.6) is 17.2 Å². The average molecular weight is 465 g/mol. The number of nitrogens with one attached hydrogen (secondary N) is 1. The van der Waals surface area contributed by atoms with E-state index in [9.17, 15) is 9.59 Å². The number of hydrogen-bond acceptors (Lipinski definition) is 7. The van der Waals surface area contributed by atoms with Crippen molar-refractivity contribution in [1.29, 1.82) is 0 Å². The molecule has 0 saturated carbocycles. The van der Waals surface area contributed by atoms with Gasteiger partial charge < -0.3 is 23.9 Å². The Bertz CT molecular complexity index is 1190. The fourth-order valence-corrected chi connectivity index (χ4v) is 3.91. The van der Waals surface area contributed by atoms with Crippen molar-refractivity contribution >= 4 is 5.91 Å². The molecule has 8 nitrogen and oxygen atoms in total. The van der Waals surface area contributed by atoms with Crippen LogP contribution in [-0.2, 0) is 30.8 Å². The van der Waals surface area contributed by atoms with Gasteiger partial charge in [0.25, 0.3) is 5.91 Å². The van der Waals surface area contributed by atoms with E-state index in [1.165, 1.54) is 17.9 Å². The highest BCUT2D eigenvalue weighted by atomic mass is 16.5. The van der Waals surface area contributed by atoms with E-state index < -0.39 is 0 Å². The van der Waals surface area contributed by atoms with Crippen LogP contribution in [0.2, 0.25) is 0 Å². The minimum atomic E-state index is -0.319. The van der Waals surface area contributed by atoms with E-state index in [-0.39, 0.29) is 23.7 Å². The summed E-state index contributed by atoms with van der Waals surface area (Å²) >= 11 is 0. The third kappa shape index (κ3) is 5.77. The molecule has 1 aliphatic rings. The lowest BCUT2D eigenvalue weighted by atomic mass is 9.98. The fourth-order valence-electron chi connectivity index (χ4n) is 3.91. The van der Waals surface area contributed by atoms with Crippen molar-refractivity contribution in [1.82, 2.24) is 10.2 Å². The summed E-state index contributed by atoms with van der Waals surface area (Å²) in [5, 5.41) is 2.76. The Hall–Kier alpha value is -3.78. The number of carbonyl (C=O) groups is 1. The van der Waals surface area contributed by atoms with Gasteiger partial charge in [0, 0.05) is 25.7 Å². The van der Waals surface area contributed by atoms with E-state index in [4.69, 9.17) is 18.6 Å². The number of nitrogens with zero attached hydrogens (tertiary/aromatic N) is 1. The van der Waals surface area contributed by atoms with Gasteiger partial charge in [-0.25, -0.2) is 0 Å². The second-order valence-electron chi connectivity index (χ2n) is 8.06. The smallest absolute Gasteiger partial charge is 0.258 e. The van der Waals surface area contributed by atoms with Gasteiger partial charge in [-0.1, -0.05) is 30.3 Å². The molecule has 8 heteroatoms. The first-order valence-electron chi connectivity index (χ1n) is 11.1. The molecule has 0 radical (unpaired) electrons. The van der Waals surface area contributed by atoms with Crippen molar-refractivity contribution in [3.8, 4) is 17.2 Å². The van der Waals surface area contributed by atoms with E-state index in [1.54, 1.807) is 14.2 Å². The van der Waals surface area contributed by atoms with Crippen LogP contribution in [0.15, 0.2) is 64.0 Å². The summed E-state index contributed by atoms with van der Waals surface area (Å²) in [6.07, 6.45) is 2.13. The number of amides is 1. The van der Waals surface area contributed by atoms with Crippen LogP contribution >= 0.6 is 0 Å². The van der Waals surface area contributed by atoms with Crippen LogP contribution in [0, 0.1) is 0 Å². The zero-order valence-electron chi connectivity index (χ0n) is 19.3. The van der Waals surface area contributed by atoms with Gasteiger partial charge >= 0.3 is 0 Å². The summed E-state index contributed by atoms with van der Waals surface area (Å²) in [5.74, 6) is 1.66. The van der Waals surface area contributed by atoms with Gasteiger partial charge in [0.1, 0.15) is 12.0 Å². The van der Waals surface area contributed by atoms with Gasteiger partial charge in [-0.15, -0.1) is 0 Å². The topological polar surface area (TPSA) is 90.2 Å². The quantitative estimate of drug-likeness (QED) is 0.521. The van der Waals surface area contributed by atoms with Crippen molar-refractivity contribution in [2.75, 3.05) is 27.4 Å². The molecule has 0 aliphatic carbocycles. The predicted molar refractivity (Wildman–Crippen MR) is 126 cm³/mol. The standard InChI is InChI=1S/C26H28N2O6/c1-31-23-10-19-8-9-28(14-20(19)11-24(23)32-2)15-21-12-22(29)25(16-33-21)34-17-26(30)27-13-18-6-4-3-5-7-18/h3-7,10-12,16H,8-9,13-15,17H2,1-2H3,(H,27,30). The average Bonchev–Trinajstić information content (AvgIpc) is 2.86. The molecule has 1 amide bonds. The molecule has 1 N–H and O–H groups in total. The molecule has 34 heavy (non-hydrogen) atoms. The summed E-state index contributed by atoms with van der Waals surface area (Å²) in [5.41, 5.74) is 3.05. The number of methoxy groups -OCH3 is 2. The highest BCUT2D eigenvalue weighted by Gasteiger charge is 2.20. The first-order chi connectivity index (χ1) is 16.6. The van der Waals surface area contributed by atoms with Crippen LogP contribution in [0.25, 0.3) is 0 Å². The Balaban J connectivity index is 1.31. The van der Waals surface area contributed by atoms with Crippen molar-refractivity contribution < 1.29 is 23.4 Å². The zero-order chi connectivity index (χ0) is 23.9. The number of fused-ring (bicyclic) bond motifs is 1. The molecule has 178 valence electrons. The molecule has 0 unspecified atom stereocenters. The summed E-state index contributed by atoms with van der Waals surface area (Å²) in [4.78, 5) is 26.7. The second kappa shape index (κ2) is 10.9. The van der Waals surface area contributed by atoms with Crippen molar-refractivity contribution in [2.24, 2.45) is 0 Å². The van der Waals surface area contributed by atoms with Crippen LogP contribution in [0.3, 0.4) is 0 Å². The van der Waals surface area contributed by atoms with Crippen LogP contribution in [0.1, 0.15) is 22.5 Å². The third-order valence-electron chi connectivity index (χ3n) is 5.72. The van der Waals surface area contributed by atoms with Crippen molar-refractivity contribution in [3.05, 3.63) is 87.5 Å². The maximum atomic E-state index is 12.5. The molecule has 2 aromatic carbocycles. The molecule has 0 atom stereocenters. The Morgan fingerprint density at radius 1 is 1.03 bits per heavy atom. The lowest BCUT2D eigenvalue weighted by Gasteiger charge is -2.29. The van der Waals surface area contributed by atoms with Crippen LogP contribution < -0.4 is 25.0 Å². The Kier molecular flexibility index (Phi) is 7.49. The van der Waals surface area contributed by atoms with E-state index in [1.807, 2.05) is 42.5 Å². The number of rotatable bonds is 9. The van der Waals surface area contributed by atoms with E-state index in [0.29, 0.717) is 31.1 Å². The molecule has 3 aromatic rings. The molecular weight excluding hydrogens is 436 g/mol. The van der Waals surface area contributed by atoms with Gasteiger partial charge in [-0.2, -0.15) is 0 Å². The molecule has 0 saturated heterocycles. The van der Waals surface area contributed by atoms with Gasteiger partial charge in [0.2, 0.25) is 11.2 Å². The highest BCUT2D eigenvalue weighted by molar-refractivity contribution is 5.77. The summed E-state index contributed by atoms with van der Waals surface area (Å²) < 4.78 is 21.8. The van der Waals surface area contributed by atoms with Crippen molar-refractivity contribution in [3.63, 3.8) is 0 Å². The maximum Gasteiger partial charge on any atom is 0.258 e. The summed E-state index contributed by atoms with van der Waals surface area (Å²) in [6, 6.07) is 15.0. The lowest BCUT2D eigenvalue weighted by Crippen LogP contribution is -2.30. The van der Waals surface area contributed by atoms with E-state index >= 15 is 0 Å². The minimum Gasteiger partial charge on any atom is -0.493 e. The maximum absolute atomic E-state index is 12.5. The molecule has 2 heterocycles. The Morgan fingerprint density at radius 3 is 2.47 bits per heavy atom. The summed E-state index contributed by atoms with van der Waals surface area (Å²) in [7, 11) is 3.25. The number of ether oxygens (including phenoxy) is 3. The molecule has 0 spiro atoms. The molecule has 4 rings (SSSR count). The van der Waals surface area contributed by atoms with Gasteiger partial charge in [-0.3, -0.25) is 14.5 Å². The molecule has 1 aliphatic heterocycles. The first kappa shape index (κ1) is 23.4. The molecular formula is C26H28N2O6. The number of benzene rings is 2. The third-order valence-corrected chi connectivity index (χ3v) is 5.72. The second-order valence-corrected chi connectivity index (χ2v) is 8.06. The normalized spacial score (nSPS) is 13.1. The summed E-state index contributed by atoms with van der Waals surface area (Å²) in [6.45, 7) is 2.16. The minimum absolute atomic E-state index is 0.0134. The van der Waals surface area contributed by atoms with Gasteiger partial charge in [0.15, 0.2) is 18.1 Å². The van der Waals surface area contributed by atoms with Crippen molar-refractivity contribution in [2.45, 2.75) is 26.1 Å². The number of hydrogen-bond donors (Lipinski definition) is 1. The predicted octanol–water partition coefficient (Wildman–Crippen LogP) is 2.91.